The number of benzene rings is 2. The van der Waals surface area contributed by atoms with Gasteiger partial charge in [0.25, 0.3) is 0 Å². The summed E-state index contributed by atoms with van der Waals surface area (Å²) >= 11 is 3.67. The van der Waals surface area contributed by atoms with Crippen LogP contribution in [0.3, 0.4) is 0 Å². The van der Waals surface area contributed by atoms with Gasteiger partial charge in [0.2, 0.25) is 0 Å². The summed E-state index contributed by atoms with van der Waals surface area (Å²) in [5, 5.41) is 2.27. The van der Waals surface area contributed by atoms with Crippen LogP contribution in [0.4, 0.5) is 0 Å². The molecule has 1 aliphatic heterocycles. The van der Waals surface area contributed by atoms with Crippen molar-refractivity contribution in [2.45, 2.75) is 0 Å². The molecule has 2 aromatic rings. The predicted octanol–water partition coefficient (Wildman–Crippen LogP) is 1.84. The van der Waals surface area contributed by atoms with E-state index in [0.717, 1.165) is 0 Å². The van der Waals surface area contributed by atoms with Crippen molar-refractivity contribution in [1.29, 1.82) is 0 Å². The highest BCUT2D eigenvalue weighted by atomic mass is 35.7. The summed E-state index contributed by atoms with van der Waals surface area (Å²) in [5.41, 5.74) is 6.22. The highest BCUT2D eigenvalue weighted by molar-refractivity contribution is 8.31. The Labute approximate surface area is 204 Å². The smallest absolute Gasteiger partial charge is 0.199 e. The molecule has 0 fully saturated rings. The molecular weight excluding hydrogens is 478 g/mol. The van der Waals surface area contributed by atoms with Gasteiger partial charge in [-0.1, -0.05) is 84.2 Å². The summed E-state index contributed by atoms with van der Waals surface area (Å²) in [7, 11) is -0.808. The van der Waals surface area contributed by atoms with Crippen molar-refractivity contribution in [3.8, 4) is 0 Å². The lowest BCUT2D eigenvalue weighted by atomic mass is 10.0. The molecule has 1 heterocycles. The molecule has 0 bridgehead atoms. The summed E-state index contributed by atoms with van der Waals surface area (Å²) < 4.78 is 37.4. The van der Waals surface area contributed by atoms with Crippen molar-refractivity contribution < 1.29 is 33.5 Å². The van der Waals surface area contributed by atoms with Gasteiger partial charge in [0.05, 0.1) is 4.24 Å². The first-order valence-electron chi connectivity index (χ1n) is 9.84. The van der Waals surface area contributed by atoms with Gasteiger partial charge in [0, 0.05) is 22.6 Å². The van der Waals surface area contributed by atoms with Crippen molar-refractivity contribution in [3.05, 3.63) is 117 Å². The van der Waals surface area contributed by atoms with Crippen LogP contribution in [-0.2, 0) is 0 Å². The molecule has 0 spiro atoms. The maximum Gasteiger partial charge on any atom is 0.199 e. The van der Waals surface area contributed by atoms with Crippen molar-refractivity contribution in [1.82, 2.24) is 0 Å². The number of hydrogen-bond donors (Lipinski definition) is 0. The van der Waals surface area contributed by atoms with Crippen molar-refractivity contribution in [2.24, 2.45) is 0 Å². The van der Waals surface area contributed by atoms with Gasteiger partial charge in [0.1, 0.15) is 14.1 Å². The van der Waals surface area contributed by atoms with Crippen LogP contribution >= 0.6 is 23.5 Å². The zero-order valence-electron chi connectivity index (χ0n) is 18.0. The Morgan fingerprint density at radius 1 is 0.818 bits per heavy atom. The standard InChI is InChI=1S/C25H22NS2.ClHO4/c1-26(2)22-15-13-19(14-16-22)17-23(20-9-5-3-6-10-20)25-27-18-24(28-25)21-11-7-4-8-12-21;2-1(3,4)5/h3-18H,1-2H3;(H,2,3,4,5)/q+1;/p-1/b25-23+;. The first-order chi connectivity index (χ1) is 15.7. The van der Waals surface area contributed by atoms with E-state index in [1.165, 1.54) is 37.1 Å². The van der Waals surface area contributed by atoms with Gasteiger partial charge < -0.3 is 0 Å². The molecule has 2 aliphatic rings. The molecule has 0 amide bonds. The minimum atomic E-state index is -4.94. The van der Waals surface area contributed by atoms with Gasteiger partial charge >= 0.3 is 0 Å². The van der Waals surface area contributed by atoms with Crippen LogP contribution in [-0.4, -0.2) is 24.4 Å². The fourth-order valence-electron chi connectivity index (χ4n) is 3.02. The minimum Gasteiger partial charge on any atom is -0.235 e. The van der Waals surface area contributed by atoms with E-state index >= 15 is 0 Å². The fraction of sp³-hybridized carbons (Fsp3) is 0.0800. The number of thioether (sulfide) groups is 2. The Morgan fingerprint density at radius 2 is 1.36 bits per heavy atom. The third-order valence-electron chi connectivity index (χ3n) is 4.56. The number of hydrogen-bond acceptors (Lipinski definition) is 6. The molecule has 170 valence electrons. The highest BCUT2D eigenvalue weighted by Gasteiger charge is 2.18. The van der Waals surface area contributed by atoms with E-state index in [4.69, 9.17) is 18.6 Å². The Kier molecular flexibility index (Phi) is 8.94. The normalized spacial score (nSPS) is 16.7. The van der Waals surface area contributed by atoms with Crippen LogP contribution < -0.4 is 18.6 Å². The SMILES string of the molecule is C[N+](C)=C1C=CC(=C/C(=C2/SC=C(c3ccccc3)S2)c2ccccc2)C=C1.[O-][Cl+3]([O-])([O-])[O-]. The fourth-order valence-corrected chi connectivity index (χ4v) is 5.35. The largest absolute Gasteiger partial charge is 0.235 e. The molecule has 4 rings (SSSR count). The Balaban J connectivity index is 0.000000555. The van der Waals surface area contributed by atoms with Gasteiger partial charge in [-0.15, -0.1) is 10.2 Å². The molecule has 0 atom stereocenters. The van der Waals surface area contributed by atoms with E-state index in [2.05, 4.69) is 115 Å². The molecule has 5 nitrogen and oxygen atoms in total. The molecule has 0 radical (unpaired) electrons. The van der Waals surface area contributed by atoms with E-state index in [1.807, 2.05) is 23.5 Å². The van der Waals surface area contributed by atoms with Crippen LogP contribution in [0.2, 0.25) is 0 Å². The lowest BCUT2D eigenvalue weighted by molar-refractivity contribution is -2.00. The molecule has 0 unspecified atom stereocenters. The Morgan fingerprint density at radius 3 is 1.91 bits per heavy atom. The highest BCUT2D eigenvalue weighted by Crippen LogP contribution is 2.51. The molecular formula is C25H22ClNO4S2. The summed E-state index contributed by atoms with van der Waals surface area (Å²) in [6, 6.07) is 21.3. The summed E-state index contributed by atoms with van der Waals surface area (Å²) in [5.74, 6) is 0. The lowest BCUT2D eigenvalue weighted by Crippen LogP contribution is -2.68. The van der Waals surface area contributed by atoms with Gasteiger partial charge in [-0.3, -0.25) is 0 Å². The van der Waals surface area contributed by atoms with Gasteiger partial charge in [0.15, 0.2) is 5.71 Å². The average Bonchev–Trinajstić information content (AvgIpc) is 3.28. The third kappa shape index (κ3) is 8.17. The van der Waals surface area contributed by atoms with Gasteiger partial charge in [-0.05, 0) is 40.3 Å². The van der Waals surface area contributed by atoms with Gasteiger partial charge in [-0.2, -0.15) is 0 Å². The molecule has 33 heavy (non-hydrogen) atoms. The molecule has 8 heteroatoms. The minimum absolute atomic E-state index is 1.21. The maximum atomic E-state index is 8.49. The lowest BCUT2D eigenvalue weighted by Gasteiger charge is -2.17. The van der Waals surface area contributed by atoms with Crippen molar-refractivity contribution in [2.75, 3.05) is 14.1 Å². The summed E-state index contributed by atoms with van der Waals surface area (Å²) in [6.45, 7) is 0. The van der Waals surface area contributed by atoms with E-state index < -0.39 is 10.2 Å². The summed E-state index contributed by atoms with van der Waals surface area (Å²) in [4.78, 5) is 1.31. The van der Waals surface area contributed by atoms with E-state index in [0.29, 0.717) is 0 Å². The average molecular weight is 500 g/mol. The zero-order valence-corrected chi connectivity index (χ0v) is 20.4. The molecule has 0 N–H and O–H groups in total. The molecule has 0 aromatic heterocycles. The first kappa shape index (κ1) is 25.3. The molecule has 2 aromatic carbocycles. The van der Waals surface area contributed by atoms with E-state index in [-0.39, 0.29) is 0 Å². The van der Waals surface area contributed by atoms with Crippen molar-refractivity contribution >= 4 is 39.7 Å². The predicted molar refractivity (Wildman–Crippen MR) is 126 cm³/mol. The number of rotatable bonds is 3. The third-order valence-corrected chi connectivity index (χ3v) is 7.01. The molecule has 0 saturated heterocycles. The van der Waals surface area contributed by atoms with Crippen LogP contribution in [0.25, 0.3) is 10.5 Å². The molecule has 0 saturated carbocycles. The summed E-state index contributed by atoms with van der Waals surface area (Å²) in [6.07, 6.45) is 11.0. The second kappa shape index (κ2) is 11.7. The van der Waals surface area contributed by atoms with E-state index in [1.54, 1.807) is 0 Å². The second-order valence-electron chi connectivity index (χ2n) is 7.14. The van der Waals surface area contributed by atoms with Gasteiger partial charge in [-0.25, -0.2) is 23.2 Å². The van der Waals surface area contributed by atoms with Crippen LogP contribution in [0.15, 0.2) is 106 Å². The monoisotopic (exact) mass is 499 g/mol. The van der Waals surface area contributed by atoms with Crippen molar-refractivity contribution in [3.63, 3.8) is 0 Å². The first-order valence-corrected chi connectivity index (χ1v) is 12.8. The maximum absolute atomic E-state index is 8.49. The quantitative estimate of drug-likeness (QED) is 0.598. The Hall–Kier alpha value is -2.36. The van der Waals surface area contributed by atoms with Crippen LogP contribution in [0, 0.1) is 10.2 Å². The number of nitrogens with zero attached hydrogens (tertiary/aromatic N) is 1. The topological polar surface area (TPSA) is 95.2 Å². The van der Waals surface area contributed by atoms with Crippen LogP contribution in [0.5, 0.6) is 0 Å². The number of allylic oxidation sites excluding steroid dienone is 7. The van der Waals surface area contributed by atoms with E-state index in [9.17, 15) is 0 Å². The zero-order chi connectivity index (χ0) is 23.8. The second-order valence-corrected chi connectivity index (χ2v) is 10.1. The Bertz CT molecular complexity index is 1130. The number of halogens is 1. The van der Waals surface area contributed by atoms with Crippen LogP contribution in [0.1, 0.15) is 11.1 Å². The molecule has 1 aliphatic carbocycles.